The van der Waals surface area contributed by atoms with E-state index in [1.807, 2.05) is 6.92 Å². The van der Waals surface area contributed by atoms with Crippen LogP contribution >= 0.6 is 0 Å². The lowest BCUT2D eigenvalue weighted by atomic mass is 10.7. The maximum Gasteiger partial charge on any atom is 0.0893 e. The van der Waals surface area contributed by atoms with E-state index in [-0.39, 0.29) is 0 Å². The van der Waals surface area contributed by atoms with Gasteiger partial charge in [-0.3, -0.25) is 0 Å². The molecule has 4 nitrogen and oxygen atoms in total. The average molecular weight is 157 g/mol. The Kier molecular flexibility index (Phi) is 8.71. The summed E-state index contributed by atoms with van der Waals surface area (Å²) in [5, 5.41) is 0. The minimum atomic E-state index is 0.550. The lowest BCUT2D eigenvalue weighted by Crippen LogP contribution is -2.01. The molecule has 0 aromatic rings. The monoisotopic (exact) mass is 157 g/mol. The predicted molar refractivity (Wildman–Crippen MR) is 45.1 cm³/mol. The molecule has 2 N–H and O–H groups in total. The van der Waals surface area contributed by atoms with Crippen LogP contribution in [0, 0.1) is 0 Å². The number of hydrogen-bond donors (Lipinski definition) is 1. The lowest BCUT2D eigenvalue weighted by Gasteiger charge is -1.92. The summed E-state index contributed by atoms with van der Waals surface area (Å²) in [7, 11) is 0. The van der Waals surface area contributed by atoms with E-state index in [4.69, 9.17) is 10.5 Å². The fraction of sp³-hybridized carbons (Fsp3) is 0.857. The third-order valence-corrected chi connectivity index (χ3v) is 0.934. The van der Waals surface area contributed by atoms with Crippen molar-refractivity contribution in [3.05, 3.63) is 0 Å². The van der Waals surface area contributed by atoms with Gasteiger partial charge in [0.05, 0.1) is 25.7 Å². The molecule has 0 bridgehead atoms. The van der Waals surface area contributed by atoms with Crippen molar-refractivity contribution in [1.82, 2.24) is 0 Å². The summed E-state index contributed by atoms with van der Waals surface area (Å²) in [6, 6.07) is 2.54. The summed E-state index contributed by atoms with van der Waals surface area (Å²) >= 11 is 0. The summed E-state index contributed by atoms with van der Waals surface area (Å²) in [6.07, 6.45) is 0. The Morgan fingerprint density at radius 3 is 2.73 bits per heavy atom. The van der Waals surface area contributed by atoms with Crippen LogP contribution in [0.4, 0.5) is 0 Å². The van der Waals surface area contributed by atoms with E-state index in [9.17, 15) is 0 Å². The van der Waals surface area contributed by atoms with Crippen molar-refractivity contribution in [2.24, 2.45) is 15.7 Å². The van der Waals surface area contributed by atoms with Crippen LogP contribution in [0.1, 0.15) is 6.92 Å². The van der Waals surface area contributed by atoms with Gasteiger partial charge in [0.25, 0.3) is 0 Å². The Balaban J connectivity index is 3.14. The molecule has 11 heavy (non-hydrogen) atoms. The SMILES string of the molecule is CCOCCN=C=NCCN. The van der Waals surface area contributed by atoms with Gasteiger partial charge in [-0.05, 0) is 6.92 Å². The molecule has 0 amide bonds. The smallest absolute Gasteiger partial charge is 0.0893 e. The fourth-order valence-electron chi connectivity index (χ4n) is 0.469. The minimum Gasteiger partial charge on any atom is -0.380 e. The van der Waals surface area contributed by atoms with Crippen LogP contribution in [0.3, 0.4) is 0 Å². The maximum absolute atomic E-state index is 5.19. The van der Waals surface area contributed by atoms with E-state index in [1.54, 1.807) is 0 Å². The molecule has 0 spiro atoms. The van der Waals surface area contributed by atoms with Crippen LogP contribution in [0.2, 0.25) is 0 Å². The molecule has 0 unspecified atom stereocenters. The highest BCUT2D eigenvalue weighted by molar-refractivity contribution is 5.40. The first-order valence-electron chi connectivity index (χ1n) is 3.77. The van der Waals surface area contributed by atoms with Crippen molar-refractivity contribution in [2.45, 2.75) is 6.92 Å². The molecular formula is C7H15N3O. The van der Waals surface area contributed by atoms with E-state index in [0.717, 1.165) is 6.61 Å². The fourth-order valence-corrected chi connectivity index (χ4v) is 0.469. The molecule has 0 aliphatic carbocycles. The van der Waals surface area contributed by atoms with Crippen molar-refractivity contribution >= 4 is 6.01 Å². The first kappa shape index (κ1) is 10.3. The van der Waals surface area contributed by atoms with Gasteiger partial charge in [0, 0.05) is 13.2 Å². The van der Waals surface area contributed by atoms with Gasteiger partial charge in [-0.15, -0.1) is 0 Å². The molecular weight excluding hydrogens is 142 g/mol. The van der Waals surface area contributed by atoms with E-state index >= 15 is 0 Å². The maximum atomic E-state index is 5.19. The highest BCUT2D eigenvalue weighted by atomic mass is 16.5. The standard InChI is InChI=1S/C7H15N3O/c1-2-11-6-5-10-7-9-4-3-8/h2-6,8H2,1H3. The number of nitrogens with two attached hydrogens (primary N) is 1. The second-order valence-electron chi connectivity index (χ2n) is 1.85. The molecule has 0 aromatic heterocycles. The third-order valence-electron chi connectivity index (χ3n) is 0.934. The van der Waals surface area contributed by atoms with E-state index in [2.05, 4.69) is 16.0 Å². The molecule has 4 heteroatoms. The molecule has 0 fully saturated rings. The molecule has 0 aliphatic rings. The summed E-state index contributed by atoms with van der Waals surface area (Å²) in [4.78, 5) is 7.64. The van der Waals surface area contributed by atoms with Crippen molar-refractivity contribution < 1.29 is 4.74 Å². The van der Waals surface area contributed by atoms with Gasteiger partial charge >= 0.3 is 0 Å². The van der Waals surface area contributed by atoms with Crippen molar-refractivity contribution in [3.63, 3.8) is 0 Å². The van der Waals surface area contributed by atoms with Gasteiger partial charge in [0.15, 0.2) is 0 Å². The number of hydrogen-bond acceptors (Lipinski definition) is 4. The molecule has 0 aliphatic heterocycles. The van der Waals surface area contributed by atoms with Gasteiger partial charge in [-0.1, -0.05) is 0 Å². The van der Waals surface area contributed by atoms with Gasteiger partial charge in [-0.2, -0.15) is 0 Å². The summed E-state index contributed by atoms with van der Waals surface area (Å²) in [5.41, 5.74) is 5.19. The number of rotatable bonds is 6. The van der Waals surface area contributed by atoms with Gasteiger partial charge in [-0.25, -0.2) is 9.98 Å². The van der Waals surface area contributed by atoms with Crippen LogP contribution < -0.4 is 5.73 Å². The third kappa shape index (κ3) is 9.30. The number of nitrogens with zero attached hydrogens (tertiary/aromatic N) is 2. The minimum absolute atomic E-state index is 0.550. The second-order valence-corrected chi connectivity index (χ2v) is 1.85. The Morgan fingerprint density at radius 2 is 2.09 bits per heavy atom. The van der Waals surface area contributed by atoms with Gasteiger partial charge in [0.1, 0.15) is 0 Å². The van der Waals surface area contributed by atoms with Crippen LogP contribution in [-0.2, 0) is 4.74 Å². The van der Waals surface area contributed by atoms with E-state index in [1.165, 1.54) is 0 Å². The Bertz CT molecular complexity index is 130. The van der Waals surface area contributed by atoms with Crippen LogP contribution in [0.15, 0.2) is 9.98 Å². The highest BCUT2D eigenvalue weighted by Gasteiger charge is 1.78. The van der Waals surface area contributed by atoms with Crippen LogP contribution in [-0.4, -0.2) is 38.9 Å². The summed E-state index contributed by atoms with van der Waals surface area (Å²) in [6.45, 7) is 5.09. The molecule has 0 aromatic carbocycles. The molecule has 64 valence electrons. The molecule has 0 rings (SSSR count). The van der Waals surface area contributed by atoms with Crippen molar-refractivity contribution in [3.8, 4) is 0 Å². The number of aliphatic imine (C=N–C) groups is 2. The normalized spacial score (nSPS) is 8.91. The average Bonchev–Trinajstić information content (AvgIpc) is 2.03. The molecule has 0 atom stereocenters. The first-order valence-corrected chi connectivity index (χ1v) is 3.77. The Labute approximate surface area is 67.2 Å². The largest absolute Gasteiger partial charge is 0.380 e. The van der Waals surface area contributed by atoms with Crippen LogP contribution in [0.5, 0.6) is 0 Å². The Morgan fingerprint density at radius 1 is 1.36 bits per heavy atom. The van der Waals surface area contributed by atoms with E-state index < -0.39 is 0 Å². The van der Waals surface area contributed by atoms with E-state index in [0.29, 0.717) is 26.2 Å². The predicted octanol–water partition coefficient (Wildman–Crippen LogP) is 0.156. The zero-order chi connectivity index (χ0) is 8.36. The summed E-state index contributed by atoms with van der Waals surface area (Å²) < 4.78 is 5.04. The lowest BCUT2D eigenvalue weighted by molar-refractivity contribution is 0.156. The zero-order valence-corrected chi connectivity index (χ0v) is 6.92. The summed E-state index contributed by atoms with van der Waals surface area (Å²) in [5.74, 6) is 0. The first-order chi connectivity index (χ1) is 5.41. The quantitative estimate of drug-likeness (QED) is 0.441. The number of ether oxygens (including phenoxy) is 1. The Hall–Kier alpha value is -0.700. The van der Waals surface area contributed by atoms with Gasteiger partial charge < -0.3 is 10.5 Å². The second kappa shape index (κ2) is 9.30. The molecule has 0 saturated heterocycles. The molecule has 0 heterocycles. The molecule has 0 saturated carbocycles. The zero-order valence-electron chi connectivity index (χ0n) is 6.92. The van der Waals surface area contributed by atoms with Crippen molar-refractivity contribution in [2.75, 3.05) is 32.8 Å². The van der Waals surface area contributed by atoms with Crippen LogP contribution in [0.25, 0.3) is 0 Å². The molecule has 0 radical (unpaired) electrons. The topological polar surface area (TPSA) is 60.0 Å². The highest BCUT2D eigenvalue weighted by Crippen LogP contribution is 1.73. The van der Waals surface area contributed by atoms with Crippen molar-refractivity contribution in [1.29, 1.82) is 0 Å². The van der Waals surface area contributed by atoms with Gasteiger partial charge in [0.2, 0.25) is 0 Å².